The lowest BCUT2D eigenvalue weighted by Crippen LogP contribution is -3.10. The number of aliphatic hydroxyl groups is 1. The molecule has 122 valence electrons. The van der Waals surface area contributed by atoms with Crippen LogP contribution in [0.4, 0.5) is 0 Å². The first-order valence-corrected chi connectivity index (χ1v) is 8.48. The monoisotopic (exact) mass is 312 g/mol. The van der Waals surface area contributed by atoms with Crippen LogP contribution in [0.5, 0.6) is 5.75 Å². The van der Waals surface area contributed by atoms with Gasteiger partial charge in [-0.2, -0.15) is 0 Å². The average Bonchev–Trinajstić information content (AvgIpc) is 3.13. The Morgan fingerprint density at radius 1 is 0.957 bits per heavy atom. The highest BCUT2D eigenvalue weighted by atomic mass is 16.5. The van der Waals surface area contributed by atoms with E-state index in [1.54, 1.807) is 12.0 Å². The van der Waals surface area contributed by atoms with Gasteiger partial charge in [-0.25, -0.2) is 0 Å². The van der Waals surface area contributed by atoms with Crippen LogP contribution in [0.25, 0.3) is 0 Å². The van der Waals surface area contributed by atoms with E-state index in [9.17, 15) is 5.11 Å². The van der Waals surface area contributed by atoms with Gasteiger partial charge < -0.3 is 14.7 Å². The first-order valence-electron chi connectivity index (χ1n) is 8.48. The largest absolute Gasteiger partial charge is 0.497 e. The van der Waals surface area contributed by atoms with Gasteiger partial charge in [0.2, 0.25) is 0 Å². The molecule has 23 heavy (non-hydrogen) atoms. The maximum atomic E-state index is 11.0. The number of hydrogen-bond acceptors (Lipinski definition) is 2. The van der Waals surface area contributed by atoms with Crippen LogP contribution in [0.15, 0.2) is 54.6 Å². The number of methoxy groups -OCH3 is 1. The zero-order valence-corrected chi connectivity index (χ0v) is 13.7. The van der Waals surface area contributed by atoms with Crippen LogP contribution in [0, 0.1) is 0 Å². The van der Waals surface area contributed by atoms with Crippen molar-refractivity contribution in [3.8, 4) is 5.75 Å². The van der Waals surface area contributed by atoms with E-state index in [0.717, 1.165) is 17.9 Å². The van der Waals surface area contributed by atoms with Crippen LogP contribution in [-0.2, 0) is 0 Å². The van der Waals surface area contributed by atoms with Crippen LogP contribution in [0.1, 0.15) is 36.0 Å². The zero-order chi connectivity index (χ0) is 16.1. The smallest absolute Gasteiger partial charge is 0.118 e. The number of hydrogen-bond donors (Lipinski definition) is 2. The van der Waals surface area contributed by atoms with Gasteiger partial charge in [0, 0.05) is 12.8 Å². The van der Waals surface area contributed by atoms with E-state index in [1.165, 1.54) is 31.5 Å². The fourth-order valence-corrected chi connectivity index (χ4v) is 3.54. The highest BCUT2D eigenvalue weighted by Crippen LogP contribution is 2.31. The van der Waals surface area contributed by atoms with Gasteiger partial charge in [-0.15, -0.1) is 0 Å². The second-order valence-corrected chi connectivity index (χ2v) is 6.40. The third-order valence-corrected chi connectivity index (χ3v) is 4.89. The third kappa shape index (κ3) is 3.92. The Morgan fingerprint density at radius 2 is 1.61 bits per heavy atom. The van der Waals surface area contributed by atoms with Crippen molar-refractivity contribution in [3.05, 3.63) is 65.7 Å². The molecule has 1 heterocycles. The van der Waals surface area contributed by atoms with Gasteiger partial charge in [0.1, 0.15) is 5.75 Å². The Labute approximate surface area is 138 Å². The minimum absolute atomic E-state index is 0.123. The number of aliphatic hydroxyl groups excluding tert-OH is 1. The lowest BCUT2D eigenvalue weighted by molar-refractivity contribution is -0.889. The topological polar surface area (TPSA) is 33.9 Å². The number of rotatable bonds is 6. The fourth-order valence-electron chi connectivity index (χ4n) is 3.54. The molecule has 2 aromatic carbocycles. The number of likely N-dealkylation sites (tertiary alicyclic amines) is 1. The molecule has 3 heteroatoms. The summed E-state index contributed by atoms with van der Waals surface area (Å²) in [5.74, 6) is 0.945. The van der Waals surface area contributed by atoms with Crippen molar-refractivity contribution in [1.82, 2.24) is 0 Å². The van der Waals surface area contributed by atoms with E-state index in [1.807, 2.05) is 30.3 Å². The molecular weight excluding hydrogens is 286 g/mol. The maximum Gasteiger partial charge on any atom is 0.118 e. The normalized spacial score (nSPS) is 17.8. The van der Waals surface area contributed by atoms with Crippen molar-refractivity contribution >= 4 is 0 Å². The third-order valence-electron chi connectivity index (χ3n) is 4.89. The Hall–Kier alpha value is -1.84. The van der Waals surface area contributed by atoms with E-state index >= 15 is 0 Å². The summed E-state index contributed by atoms with van der Waals surface area (Å²) in [4.78, 5) is 1.60. The molecule has 0 amide bonds. The second-order valence-electron chi connectivity index (χ2n) is 6.40. The van der Waals surface area contributed by atoms with Crippen molar-refractivity contribution in [3.63, 3.8) is 0 Å². The molecule has 0 radical (unpaired) electrons. The maximum absolute atomic E-state index is 11.0. The van der Waals surface area contributed by atoms with E-state index in [-0.39, 0.29) is 5.92 Å². The summed E-state index contributed by atoms with van der Waals surface area (Å²) in [6.07, 6.45) is 2.11. The van der Waals surface area contributed by atoms with Gasteiger partial charge >= 0.3 is 0 Å². The Bertz CT molecular complexity index is 591. The predicted molar refractivity (Wildman–Crippen MR) is 91.9 cm³/mol. The number of quaternary nitrogens is 1. The molecule has 1 aliphatic heterocycles. The van der Waals surface area contributed by atoms with E-state index in [4.69, 9.17) is 4.74 Å². The van der Waals surface area contributed by atoms with Crippen molar-refractivity contribution in [2.75, 3.05) is 26.7 Å². The van der Waals surface area contributed by atoms with E-state index in [0.29, 0.717) is 0 Å². The number of ether oxygens (including phenoxy) is 1. The average molecular weight is 312 g/mol. The van der Waals surface area contributed by atoms with Crippen molar-refractivity contribution in [2.45, 2.75) is 24.9 Å². The fraction of sp³-hybridized carbons (Fsp3) is 0.400. The molecule has 2 aromatic rings. The van der Waals surface area contributed by atoms with E-state index in [2.05, 4.69) is 24.3 Å². The van der Waals surface area contributed by atoms with Gasteiger partial charge in [-0.05, 0) is 23.3 Å². The highest BCUT2D eigenvalue weighted by molar-refractivity contribution is 5.31. The van der Waals surface area contributed by atoms with Crippen LogP contribution in [-0.4, -0.2) is 31.9 Å². The Balaban J connectivity index is 1.83. The van der Waals surface area contributed by atoms with Gasteiger partial charge in [0.25, 0.3) is 0 Å². The van der Waals surface area contributed by atoms with Gasteiger partial charge in [-0.1, -0.05) is 42.5 Å². The summed E-state index contributed by atoms with van der Waals surface area (Å²) in [6, 6.07) is 18.2. The van der Waals surface area contributed by atoms with Gasteiger partial charge in [0.05, 0.1) is 38.8 Å². The molecule has 0 spiro atoms. The summed E-state index contributed by atoms with van der Waals surface area (Å²) >= 11 is 0. The molecule has 2 atom stereocenters. The summed E-state index contributed by atoms with van der Waals surface area (Å²) in [5, 5.41) is 11.0. The van der Waals surface area contributed by atoms with Crippen molar-refractivity contribution in [1.29, 1.82) is 0 Å². The van der Waals surface area contributed by atoms with Crippen LogP contribution < -0.4 is 9.64 Å². The van der Waals surface area contributed by atoms with Crippen LogP contribution >= 0.6 is 0 Å². The summed E-state index contributed by atoms with van der Waals surface area (Å²) in [7, 11) is 1.66. The quantitative estimate of drug-likeness (QED) is 0.857. The van der Waals surface area contributed by atoms with Crippen molar-refractivity contribution < 1.29 is 14.7 Å². The Morgan fingerprint density at radius 3 is 2.22 bits per heavy atom. The number of nitrogens with one attached hydrogen (secondary N) is 1. The molecule has 0 saturated carbocycles. The molecule has 0 aromatic heterocycles. The predicted octanol–water partition coefficient (Wildman–Crippen LogP) is 2.19. The molecule has 1 saturated heterocycles. The molecule has 1 aliphatic rings. The van der Waals surface area contributed by atoms with Gasteiger partial charge in [-0.3, -0.25) is 0 Å². The standard InChI is InChI=1S/C20H25NO2/c1-23-18-11-9-17(10-12-18)20(22)19(15-21-13-5-6-14-21)16-7-3-2-4-8-16/h2-4,7-12,19-20,22H,5-6,13-15H2,1H3/p+1/t19-,20-/m0/s1. The SMILES string of the molecule is COc1ccc([C@H](O)[C@@H](C[NH+]2CCCC2)c2ccccc2)cc1. The van der Waals surface area contributed by atoms with Crippen LogP contribution in [0.2, 0.25) is 0 Å². The van der Waals surface area contributed by atoms with Crippen LogP contribution in [0.3, 0.4) is 0 Å². The minimum Gasteiger partial charge on any atom is -0.497 e. The lowest BCUT2D eigenvalue weighted by Gasteiger charge is -2.26. The van der Waals surface area contributed by atoms with Gasteiger partial charge in [0.15, 0.2) is 0 Å². The minimum atomic E-state index is -0.489. The zero-order valence-electron chi connectivity index (χ0n) is 13.7. The first kappa shape index (κ1) is 16.0. The van der Waals surface area contributed by atoms with E-state index < -0.39 is 6.10 Å². The lowest BCUT2D eigenvalue weighted by atomic mass is 9.88. The second kappa shape index (κ2) is 7.62. The summed E-state index contributed by atoms with van der Waals surface area (Å²) in [6.45, 7) is 3.43. The summed E-state index contributed by atoms with van der Waals surface area (Å²) < 4.78 is 5.22. The molecule has 3 rings (SSSR count). The molecule has 1 fully saturated rings. The highest BCUT2D eigenvalue weighted by Gasteiger charge is 2.28. The molecule has 0 bridgehead atoms. The number of benzene rings is 2. The molecule has 2 N–H and O–H groups in total. The van der Waals surface area contributed by atoms with Crippen molar-refractivity contribution in [2.24, 2.45) is 0 Å². The summed E-state index contributed by atoms with van der Waals surface area (Å²) in [5.41, 5.74) is 2.17. The Kier molecular flexibility index (Phi) is 5.31. The molecule has 3 nitrogen and oxygen atoms in total. The molecular formula is C20H26NO2+. The molecule has 0 unspecified atom stereocenters. The molecule has 0 aliphatic carbocycles. The first-order chi connectivity index (χ1) is 11.3.